The number of ether oxygens (including phenoxy) is 5. The number of benzene rings is 4. The molecule has 1 aliphatic heterocycles. The monoisotopic (exact) mass is 1040 g/mol. The third-order valence-corrected chi connectivity index (χ3v) is 13.6. The van der Waals surface area contributed by atoms with Gasteiger partial charge in [-0.3, -0.25) is 4.98 Å². The molecule has 3 N–H and O–H groups in total. The number of dihydropyridines is 1. The lowest BCUT2D eigenvalue weighted by Crippen LogP contribution is -2.49. The van der Waals surface area contributed by atoms with Crippen molar-refractivity contribution in [3.63, 3.8) is 0 Å². The van der Waals surface area contributed by atoms with Crippen molar-refractivity contribution in [1.29, 1.82) is 10.5 Å². The van der Waals surface area contributed by atoms with Crippen LogP contribution in [0.1, 0.15) is 98.9 Å². The van der Waals surface area contributed by atoms with Crippen molar-refractivity contribution >= 4 is 35.8 Å². The number of nitrogens with one attached hydrogen (secondary N) is 3. The number of aromatic nitrogens is 1. The fourth-order valence-corrected chi connectivity index (χ4v) is 9.39. The highest BCUT2D eigenvalue weighted by Gasteiger charge is 2.33. The first-order valence-corrected chi connectivity index (χ1v) is 25.2. The van der Waals surface area contributed by atoms with E-state index in [1.54, 1.807) is 37.6 Å². The summed E-state index contributed by atoms with van der Waals surface area (Å²) in [5.41, 5.74) is 7.75. The third kappa shape index (κ3) is 15.2. The van der Waals surface area contributed by atoms with Gasteiger partial charge in [0.15, 0.2) is 0 Å². The fraction of sp³-hybridized carbons (Fsp3) is 0.373. The molecule has 2 unspecified atom stereocenters. The number of hydrogen-bond acceptors (Lipinski definition) is 13. The molecule has 74 heavy (non-hydrogen) atoms. The summed E-state index contributed by atoms with van der Waals surface area (Å²) in [5.74, 6) is 2.15. The van der Waals surface area contributed by atoms with Crippen LogP contribution in [0, 0.1) is 42.4 Å². The maximum Gasteiger partial charge on any atom is 0.142 e. The van der Waals surface area contributed by atoms with Crippen LogP contribution >= 0.6 is 23.2 Å². The molecule has 2 atom stereocenters. The SMILES string of the molecule is COC(C)(C)CC(C)(C=O)NCc1cc(Cl)c(OCc2cccc(-c3cccc(COc4cc(OCC5=CNCC(C#N)=C5)c(CNC(C)(C=O)CC(C)C)cc4Cl)c3C)c2C)cc1OCc1cncc(C#N)c1. The van der Waals surface area contributed by atoms with E-state index in [0.29, 0.717) is 87.2 Å². The van der Waals surface area contributed by atoms with Crippen LogP contribution in [0.15, 0.2) is 103 Å². The highest BCUT2D eigenvalue weighted by Crippen LogP contribution is 2.38. The molecular formula is C59H66Cl2N6O7. The molecule has 4 aromatic carbocycles. The molecule has 0 spiro atoms. The first kappa shape index (κ1) is 56.6. The Labute approximate surface area is 445 Å². The lowest BCUT2D eigenvalue weighted by molar-refractivity contribution is -0.116. The van der Waals surface area contributed by atoms with Gasteiger partial charge in [-0.25, -0.2) is 0 Å². The van der Waals surface area contributed by atoms with Gasteiger partial charge in [0.2, 0.25) is 0 Å². The van der Waals surface area contributed by atoms with Crippen molar-refractivity contribution < 1.29 is 33.3 Å². The molecular weight excluding hydrogens is 976 g/mol. The van der Waals surface area contributed by atoms with Crippen molar-refractivity contribution in [3.8, 4) is 46.3 Å². The first-order chi connectivity index (χ1) is 35.3. The number of pyridine rings is 1. The molecule has 0 amide bonds. The molecule has 0 aliphatic carbocycles. The van der Waals surface area contributed by atoms with Crippen LogP contribution in [0.2, 0.25) is 10.0 Å². The lowest BCUT2D eigenvalue weighted by atomic mass is 9.88. The molecule has 0 radical (unpaired) electrons. The molecule has 2 heterocycles. The van der Waals surface area contributed by atoms with Crippen LogP contribution < -0.4 is 34.9 Å². The number of carbonyl (C=O) groups is 2. The number of rotatable bonds is 26. The summed E-state index contributed by atoms with van der Waals surface area (Å²) in [7, 11) is 1.62. The average molecular weight is 1040 g/mol. The number of carbonyl (C=O) groups excluding carboxylic acids is 2. The van der Waals surface area contributed by atoms with Crippen LogP contribution in [-0.4, -0.2) is 54.5 Å². The van der Waals surface area contributed by atoms with Crippen molar-refractivity contribution in [3.05, 3.63) is 157 Å². The first-order valence-electron chi connectivity index (χ1n) is 24.5. The molecule has 388 valence electrons. The zero-order chi connectivity index (χ0) is 53.6. The second-order valence-electron chi connectivity index (χ2n) is 20.2. The number of nitrogens with zero attached hydrogens (tertiary/aromatic N) is 3. The fourth-order valence-electron chi connectivity index (χ4n) is 8.91. The van der Waals surface area contributed by atoms with E-state index in [0.717, 1.165) is 57.1 Å². The van der Waals surface area contributed by atoms with Gasteiger partial charge < -0.3 is 49.2 Å². The molecule has 1 aliphatic rings. The Morgan fingerprint density at radius 3 is 1.77 bits per heavy atom. The molecule has 15 heteroatoms. The molecule has 0 fully saturated rings. The topological polar surface area (TPSA) is 177 Å². The summed E-state index contributed by atoms with van der Waals surface area (Å²) in [4.78, 5) is 28.8. The number of aldehydes is 2. The Hall–Kier alpha value is -6.71. The van der Waals surface area contributed by atoms with E-state index in [9.17, 15) is 20.1 Å². The van der Waals surface area contributed by atoms with Gasteiger partial charge in [0.1, 0.15) is 68.1 Å². The van der Waals surface area contributed by atoms with Gasteiger partial charge in [0.25, 0.3) is 0 Å². The molecule has 0 saturated heterocycles. The maximum absolute atomic E-state index is 12.4. The second kappa shape index (κ2) is 25.5. The van der Waals surface area contributed by atoms with E-state index in [-0.39, 0.29) is 33.0 Å². The highest BCUT2D eigenvalue weighted by atomic mass is 35.5. The van der Waals surface area contributed by atoms with E-state index >= 15 is 0 Å². The van der Waals surface area contributed by atoms with Gasteiger partial charge in [0, 0.05) is 91.7 Å². The van der Waals surface area contributed by atoms with Gasteiger partial charge in [-0.15, -0.1) is 0 Å². The van der Waals surface area contributed by atoms with E-state index in [2.05, 4.69) is 72.9 Å². The van der Waals surface area contributed by atoms with E-state index in [4.69, 9.17) is 46.9 Å². The van der Waals surface area contributed by atoms with Crippen LogP contribution in [0.5, 0.6) is 23.0 Å². The summed E-state index contributed by atoms with van der Waals surface area (Å²) in [5, 5.41) is 29.6. The van der Waals surface area contributed by atoms with Crippen LogP contribution in [-0.2, 0) is 47.2 Å². The summed E-state index contributed by atoms with van der Waals surface area (Å²) >= 11 is 13.9. The van der Waals surface area contributed by atoms with Crippen LogP contribution in [0.4, 0.5) is 0 Å². The quantitative estimate of drug-likeness (QED) is 0.0446. The Morgan fingerprint density at radius 2 is 1.26 bits per heavy atom. The number of nitriles is 2. The van der Waals surface area contributed by atoms with Gasteiger partial charge in [-0.2, -0.15) is 10.5 Å². The van der Waals surface area contributed by atoms with Crippen molar-refractivity contribution in [2.24, 2.45) is 5.92 Å². The Kier molecular flexibility index (Phi) is 19.5. The van der Waals surface area contributed by atoms with Gasteiger partial charge in [-0.05, 0) is 112 Å². The minimum absolute atomic E-state index is 0.122. The highest BCUT2D eigenvalue weighted by molar-refractivity contribution is 6.32. The van der Waals surface area contributed by atoms with Crippen LogP contribution in [0.3, 0.4) is 0 Å². The molecule has 13 nitrogen and oxygen atoms in total. The van der Waals surface area contributed by atoms with Gasteiger partial charge in [-0.1, -0.05) is 73.4 Å². The lowest BCUT2D eigenvalue weighted by Gasteiger charge is -2.34. The Balaban J connectivity index is 1.22. The van der Waals surface area contributed by atoms with Crippen LogP contribution in [0.25, 0.3) is 11.1 Å². The van der Waals surface area contributed by atoms with Gasteiger partial charge >= 0.3 is 0 Å². The zero-order valence-corrected chi connectivity index (χ0v) is 45.2. The largest absolute Gasteiger partial charge is 0.488 e. The Morgan fingerprint density at radius 1 is 0.716 bits per heavy atom. The predicted octanol–water partition coefficient (Wildman–Crippen LogP) is 11.6. The number of hydrogen-bond donors (Lipinski definition) is 3. The normalized spacial score (nSPS) is 14.0. The molecule has 6 rings (SSSR count). The Bertz CT molecular complexity index is 2980. The zero-order valence-electron chi connectivity index (χ0n) is 43.7. The molecule has 1 aromatic heterocycles. The van der Waals surface area contributed by atoms with Crippen molar-refractivity contribution in [2.75, 3.05) is 20.3 Å². The standard InChI is InChI=1S/C59H66Cl2N6O7/c1-38(2)22-58(7,36-68)66-29-47-18-51(60)55(20-53(47)71-31-43-16-41(23-62)25-64-27-43)73-33-45-12-10-14-49(39(45)3)50-15-11-13-46(40(50)4)34-74-56-21-54(72-32-44-17-42(24-63)26-65-28-44)48(19-52(56)61)30-67-59(8,37-69)35-57(5,6)70-9/h10-21,26-28,36-38,64,66-67H,22,25,29-35H2,1-9H3. The summed E-state index contributed by atoms with van der Waals surface area (Å²) in [6.45, 7) is 17.6. The maximum atomic E-state index is 12.4. The minimum Gasteiger partial charge on any atom is -0.488 e. The number of halogens is 2. The summed E-state index contributed by atoms with van der Waals surface area (Å²) in [6.07, 6.45) is 9.68. The second-order valence-corrected chi connectivity index (χ2v) is 21.0. The van der Waals surface area contributed by atoms with E-state index < -0.39 is 16.7 Å². The van der Waals surface area contributed by atoms with Crippen molar-refractivity contribution in [2.45, 2.75) is 118 Å². The van der Waals surface area contributed by atoms with E-state index in [1.165, 1.54) is 6.20 Å². The molecule has 0 saturated carbocycles. The minimum atomic E-state index is -0.918. The third-order valence-electron chi connectivity index (χ3n) is 13.0. The molecule has 5 aromatic rings. The predicted molar refractivity (Wildman–Crippen MR) is 289 cm³/mol. The average Bonchev–Trinajstić information content (AvgIpc) is 3.38. The smallest absolute Gasteiger partial charge is 0.142 e. The molecule has 0 bridgehead atoms. The summed E-state index contributed by atoms with van der Waals surface area (Å²) < 4.78 is 31.3. The van der Waals surface area contributed by atoms with Gasteiger partial charge in [0.05, 0.1) is 38.4 Å². The van der Waals surface area contributed by atoms with Crippen molar-refractivity contribution in [1.82, 2.24) is 20.9 Å². The summed E-state index contributed by atoms with van der Waals surface area (Å²) in [6, 6.07) is 25.4. The number of methoxy groups -OCH3 is 1. The van der Waals surface area contributed by atoms with E-state index in [1.807, 2.05) is 70.3 Å².